The molecule has 3 saturated carbocycles. The number of fused-ring (bicyclic) bond motifs is 6. The Labute approximate surface area is 128 Å². The van der Waals surface area contributed by atoms with Crippen LogP contribution in [0.3, 0.4) is 0 Å². The summed E-state index contributed by atoms with van der Waals surface area (Å²) in [6.45, 7) is 0. The fourth-order valence-corrected chi connectivity index (χ4v) is 5.51. The first kappa shape index (κ1) is 12.5. The van der Waals surface area contributed by atoms with E-state index in [0.717, 1.165) is 47.0 Å². The van der Waals surface area contributed by atoms with Crippen molar-refractivity contribution in [2.24, 2.45) is 23.7 Å². The van der Waals surface area contributed by atoms with Crippen molar-refractivity contribution in [3.8, 4) is 0 Å². The molecule has 0 N–H and O–H groups in total. The standard InChI is InChI=1S/C17H18ClFN2/c18-6-5-14-20-12-8-11(19)3-4-13(12)21(14)17-15-9-1-2-10(7-9)16(15)17/h3-4,8-10,15-17H,1-2,5-7H2. The lowest BCUT2D eigenvalue weighted by Gasteiger charge is -2.14. The van der Waals surface area contributed by atoms with E-state index in [0.29, 0.717) is 11.9 Å². The van der Waals surface area contributed by atoms with E-state index >= 15 is 0 Å². The largest absolute Gasteiger partial charge is 0.324 e. The van der Waals surface area contributed by atoms with Gasteiger partial charge in [-0.3, -0.25) is 0 Å². The van der Waals surface area contributed by atoms with Crippen LogP contribution in [0.5, 0.6) is 0 Å². The van der Waals surface area contributed by atoms with Gasteiger partial charge in [0.15, 0.2) is 0 Å². The molecule has 4 atom stereocenters. The minimum absolute atomic E-state index is 0.208. The van der Waals surface area contributed by atoms with E-state index < -0.39 is 0 Å². The van der Waals surface area contributed by atoms with E-state index in [1.165, 1.54) is 19.3 Å². The third kappa shape index (κ3) is 1.61. The SMILES string of the molecule is Fc1ccc2c(c1)nc(CCCl)n2C1C2C3CCC(C3)C21. The minimum atomic E-state index is -0.208. The third-order valence-corrected chi connectivity index (χ3v) is 6.22. The molecule has 1 aromatic heterocycles. The van der Waals surface area contributed by atoms with Crippen molar-refractivity contribution >= 4 is 22.6 Å². The number of aromatic nitrogens is 2. The summed E-state index contributed by atoms with van der Waals surface area (Å²) < 4.78 is 15.9. The Hall–Kier alpha value is -1.09. The molecule has 0 aliphatic heterocycles. The maximum atomic E-state index is 13.5. The van der Waals surface area contributed by atoms with Crippen LogP contribution < -0.4 is 0 Å². The maximum absolute atomic E-state index is 13.5. The molecular formula is C17H18ClFN2. The van der Waals surface area contributed by atoms with Gasteiger partial charge in [-0.25, -0.2) is 9.37 Å². The summed E-state index contributed by atoms with van der Waals surface area (Å²) in [5, 5.41) is 0. The molecule has 110 valence electrons. The summed E-state index contributed by atoms with van der Waals surface area (Å²) >= 11 is 5.95. The van der Waals surface area contributed by atoms with Gasteiger partial charge in [0.2, 0.25) is 0 Å². The van der Waals surface area contributed by atoms with Gasteiger partial charge >= 0.3 is 0 Å². The van der Waals surface area contributed by atoms with Crippen LogP contribution in [0, 0.1) is 29.5 Å². The van der Waals surface area contributed by atoms with Crippen molar-refractivity contribution < 1.29 is 4.39 Å². The van der Waals surface area contributed by atoms with Crippen LogP contribution in [0.4, 0.5) is 4.39 Å². The van der Waals surface area contributed by atoms with Crippen LogP contribution >= 0.6 is 11.6 Å². The number of hydrogen-bond acceptors (Lipinski definition) is 1. The number of halogens is 2. The zero-order chi connectivity index (χ0) is 14.1. The van der Waals surface area contributed by atoms with Crippen LogP contribution in [0.2, 0.25) is 0 Å². The number of nitrogens with zero attached hydrogens (tertiary/aromatic N) is 2. The van der Waals surface area contributed by atoms with Crippen molar-refractivity contribution in [1.82, 2.24) is 9.55 Å². The molecule has 0 spiro atoms. The summed E-state index contributed by atoms with van der Waals surface area (Å²) in [5.41, 5.74) is 1.88. The molecule has 1 aromatic carbocycles. The zero-order valence-corrected chi connectivity index (χ0v) is 12.6. The Morgan fingerprint density at radius 2 is 2.00 bits per heavy atom. The molecule has 3 fully saturated rings. The zero-order valence-electron chi connectivity index (χ0n) is 11.8. The lowest BCUT2D eigenvalue weighted by molar-refractivity contribution is 0.452. The molecule has 5 rings (SSSR count). The molecule has 1 heterocycles. The van der Waals surface area contributed by atoms with Crippen molar-refractivity contribution in [3.05, 3.63) is 29.8 Å². The van der Waals surface area contributed by atoms with E-state index in [-0.39, 0.29) is 5.82 Å². The van der Waals surface area contributed by atoms with Gasteiger partial charge in [-0.2, -0.15) is 0 Å². The normalized spacial score (nSPS) is 36.4. The quantitative estimate of drug-likeness (QED) is 0.778. The highest BCUT2D eigenvalue weighted by molar-refractivity contribution is 6.17. The summed E-state index contributed by atoms with van der Waals surface area (Å²) in [6.07, 6.45) is 5.03. The summed E-state index contributed by atoms with van der Waals surface area (Å²) in [4.78, 5) is 4.66. The number of alkyl halides is 1. The minimum Gasteiger partial charge on any atom is -0.324 e. The highest BCUT2D eigenvalue weighted by Gasteiger charge is 2.66. The molecule has 2 nitrogen and oxygen atoms in total. The van der Waals surface area contributed by atoms with Gasteiger partial charge < -0.3 is 4.57 Å². The van der Waals surface area contributed by atoms with Gasteiger partial charge in [-0.1, -0.05) is 0 Å². The number of aryl methyl sites for hydroxylation is 1. The Morgan fingerprint density at radius 3 is 2.71 bits per heavy atom. The Bertz CT molecular complexity index is 709. The lowest BCUT2D eigenvalue weighted by atomic mass is 10.0. The molecule has 4 heteroatoms. The molecule has 2 bridgehead atoms. The van der Waals surface area contributed by atoms with E-state index in [9.17, 15) is 4.39 Å². The number of imidazole rings is 1. The van der Waals surface area contributed by atoms with Gasteiger partial charge in [0.1, 0.15) is 11.6 Å². The first-order valence-electron chi connectivity index (χ1n) is 8.00. The van der Waals surface area contributed by atoms with E-state index in [1.807, 2.05) is 6.07 Å². The van der Waals surface area contributed by atoms with Gasteiger partial charge in [-0.05, 0) is 55.1 Å². The first-order valence-corrected chi connectivity index (χ1v) is 8.53. The van der Waals surface area contributed by atoms with Crippen LogP contribution in [0.15, 0.2) is 18.2 Å². The fourth-order valence-electron chi connectivity index (χ4n) is 5.34. The Kier molecular flexibility index (Phi) is 2.50. The molecule has 4 unspecified atom stereocenters. The summed E-state index contributed by atoms with van der Waals surface area (Å²) in [5.74, 6) is 4.95. The lowest BCUT2D eigenvalue weighted by Crippen LogP contribution is -2.09. The second-order valence-corrected chi connectivity index (χ2v) is 7.33. The molecule has 2 aromatic rings. The predicted molar refractivity (Wildman–Crippen MR) is 81.0 cm³/mol. The van der Waals surface area contributed by atoms with Crippen molar-refractivity contribution in [3.63, 3.8) is 0 Å². The van der Waals surface area contributed by atoms with Gasteiger partial charge in [0, 0.05) is 24.4 Å². The molecular weight excluding hydrogens is 287 g/mol. The van der Waals surface area contributed by atoms with Crippen LogP contribution in [-0.4, -0.2) is 15.4 Å². The Morgan fingerprint density at radius 1 is 1.24 bits per heavy atom. The third-order valence-electron chi connectivity index (χ3n) is 6.04. The molecule has 3 aliphatic carbocycles. The molecule has 0 radical (unpaired) electrons. The number of hydrogen-bond donors (Lipinski definition) is 0. The second kappa shape index (κ2) is 4.22. The molecule has 3 aliphatic rings. The van der Waals surface area contributed by atoms with Gasteiger partial charge in [-0.15, -0.1) is 11.6 Å². The maximum Gasteiger partial charge on any atom is 0.125 e. The topological polar surface area (TPSA) is 17.8 Å². The number of benzene rings is 1. The van der Waals surface area contributed by atoms with Crippen molar-refractivity contribution in [1.29, 1.82) is 0 Å². The van der Waals surface area contributed by atoms with Gasteiger partial charge in [0.25, 0.3) is 0 Å². The molecule has 21 heavy (non-hydrogen) atoms. The highest BCUT2D eigenvalue weighted by Crippen LogP contribution is 2.71. The molecule has 0 amide bonds. The highest BCUT2D eigenvalue weighted by atomic mass is 35.5. The first-order chi connectivity index (χ1) is 10.3. The fraction of sp³-hybridized carbons (Fsp3) is 0.588. The van der Waals surface area contributed by atoms with Crippen molar-refractivity contribution in [2.45, 2.75) is 31.7 Å². The van der Waals surface area contributed by atoms with E-state index in [1.54, 1.807) is 12.1 Å². The number of rotatable bonds is 3. The smallest absolute Gasteiger partial charge is 0.125 e. The average Bonchev–Trinajstić information content (AvgIpc) is 2.82. The molecule has 0 saturated heterocycles. The van der Waals surface area contributed by atoms with Crippen LogP contribution in [0.25, 0.3) is 11.0 Å². The second-order valence-electron chi connectivity index (χ2n) is 6.95. The summed E-state index contributed by atoms with van der Waals surface area (Å²) in [6, 6.07) is 5.60. The average molecular weight is 305 g/mol. The van der Waals surface area contributed by atoms with E-state index in [4.69, 9.17) is 11.6 Å². The van der Waals surface area contributed by atoms with Gasteiger partial charge in [0.05, 0.1) is 11.0 Å². The predicted octanol–water partition coefficient (Wildman–Crippen LogP) is 4.17. The summed E-state index contributed by atoms with van der Waals surface area (Å²) in [7, 11) is 0. The van der Waals surface area contributed by atoms with Crippen LogP contribution in [0.1, 0.15) is 31.1 Å². The van der Waals surface area contributed by atoms with E-state index in [2.05, 4.69) is 9.55 Å². The monoisotopic (exact) mass is 304 g/mol. The van der Waals surface area contributed by atoms with Crippen LogP contribution in [-0.2, 0) is 6.42 Å². The van der Waals surface area contributed by atoms with Crippen molar-refractivity contribution in [2.75, 3.05) is 5.88 Å². The Balaban J connectivity index is 1.63.